The van der Waals surface area contributed by atoms with Crippen molar-refractivity contribution < 1.29 is 14.3 Å². The van der Waals surface area contributed by atoms with Gasteiger partial charge in [-0.2, -0.15) is 0 Å². The minimum atomic E-state index is -0.477. The molecule has 1 aromatic rings. The van der Waals surface area contributed by atoms with E-state index < -0.39 is 6.10 Å². The molecule has 0 aliphatic heterocycles. The monoisotopic (exact) mass is 296 g/mol. The molecule has 21 heavy (non-hydrogen) atoms. The molecular weight excluding hydrogens is 271 g/mol. The maximum atomic E-state index is 12.9. The molecule has 0 spiro atoms. The van der Waals surface area contributed by atoms with E-state index >= 15 is 0 Å². The van der Waals surface area contributed by atoms with Gasteiger partial charge in [-0.05, 0) is 45.4 Å². The summed E-state index contributed by atoms with van der Waals surface area (Å²) in [5.74, 6) is -0.402. The molecule has 0 aliphatic rings. The number of aliphatic hydroxyl groups is 1. The van der Waals surface area contributed by atoms with Crippen molar-refractivity contribution in [3.63, 3.8) is 0 Å². The lowest BCUT2D eigenvalue weighted by Gasteiger charge is -2.27. The molecule has 2 N–H and O–H groups in total. The van der Waals surface area contributed by atoms with Gasteiger partial charge in [0.2, 0.25) is 5.91 Å². The predicted octanol–water partition coefficient (Wildman–Crippen LogP) is 2.09. The number of carbonyl (C=O) groups is 1. The summed E-state index contributed by atoms with van der Waals surface area (Å²) in [6, 6.07) is 6.08. The molecule has 1 aromatic carbocycles. The van der Waals surface area contributed by atoms with Crippen molar-refractivity contribution in [3.05, 3.63) is 35.6 Å². The third-order valence-electron chi connectivity index (χ3n) is 3.32. The van der Waals surface area contributed by atoms with Gasteiger partial charge in [-0.25, -0.2) is 4.39 Å². The van der Waals surface area contributed by atoms with Gasteiger partial charge in [-0.15, -0.1) is 0 Å². The fourth-order valence-electron chi connectivity index (χ4n) is 2.10. The number of hydrogen-bond acceptors (Lipinski definition) is 3. The highest BCUT2D eigenvalue weighted by atomic mass is 19.1. The molecule has 0 radical (unpaired) electrons. The molecule has 0 bridgehead atoms. The van der Waals surface area contributed by atoms with E-state index in [0.29, 0.717) is 6.54 Å². The van der Waals surface area contributed by atoms with Crippen molar-refractivity contribution in [1.29, 1.82) is 0 Å². The number of hydrogen-bond donors (Lipinski definition) is 2. The van der Waals surface area contributed by atoms with Gasteiger partial charge >= 0.3 is 0 Å². The number of nitrogens with one attached hydrogen (secondary N) is 1. The Morgan fingerprint density at radius 1 is 1.24 bits per heavy atom. The topological polar surface area (TPSA) is 52.6 Å². The molecule has 0 aromatic heterocycles. The van der Waals surface area contributed by atoms with Crippen LogP contribution in [0.1, 0.15) is 39.3 Å². The summed E-state index contributed by atoms with van der Waals surface area (Å²) in [5.41, 5.74) is 0.858. The number of aliphatic hydroxyl groups excluding tert-OH is 1. The van der Waals surface area contributed by atoms with Crippen LogP contribution in [0.4, 0.5) is 4.39 Å². The molecule has 1 amide bonds. The van der Waals surface area contributed by atoms with Gasteiger partial charge in [0.25, 0.3) is 0 Å². The lowest BCUT2D eigenvalue weighted by molar-refractivity contribution is -0.123. The van der Waals surface area contributed by atoms with Gasteiger partial charge in [0, 0.05) is 12.6 Å². The van der Waals surface area contributed by atoms with Crippen molar-refractivity contribution >= 4 is 5.91 Å². The summed E-state index contributed by atoms with van der Waals surface area (Å²) in [6.07, 6.45) is -0.477. The zero-order valence-corrected chi connectivity index (χ0v) is 13.1. The highest BCUT2D eigenvalue weighted by Crippen LogP contribution is 2.12. The Labute approximate surface area is 126 Å². The zero-order valence-electron chi connectivity index (χ0n) is 13.1. The van der Waals surface area contributed by atoms with Crippen LogP contribution in [0.15, 0.2) is 24.3 Å². The van der Waals surface area contributed by atoms with Crippen LogP contribution in [0.3, 0.4) is 0 Å². The minimum absolute atomic E-state index is 0.110. The number of halogens is 1. The van der Waals surface area contributed by atoms with E-state index in [2.05, 4.69) is 5.32 Å². The van der Waals surface area contributed by atoms with E-state index in [1.54, 1.807) is 19.1 Å². The molecule has 0 aliphatic carbocycles. The normalized spacial score (nSPS) is 14.3. The maximum Gasteiger partial charge on any atom is 0.234 e. The molecular formula is C16H25FN2O2. The molecule has 2 unspecified atom stereocenters. The molecule has 0 fully saturated rings. The summed E-state index contributed by atoms with van der Waals surface area (Å²) in [5, 5.41) is 12.4. The Bertz CT molecular complexity index is 446. The van der Waals surface area contributed by atoms with Crippen LogP contribution in [-0.2, 0) is 4.79 Å². The van der Waals surface area contributed by atoms with Crippen LogP contribution >= 0.6 is 0 Å². The van der Waals surface area contributed by atoms with E-state index in [1.165, 1.54) is 12.1 Å². The van der Waals surface area contributed by atoms with Crippen molar-refractivity contribution in [2.45, 2.75) is 45.9 Å². The average molecular weight is 296 g/mol. The molecule has 5 heteroatoms. The van der Waals surface area contributed by atoms with Gasteiger partial charge in [-0.1, -0.05) is 12.1 Å². The highest BCUT2D eigenvalue weighted by molar-refractivity contribution is 5.78. The van der Waals surface area contributed by atoms with E-state index in [9.17, 15) is 14.3 Å². The summed E-state index contributed by atoms with van der Waals surface area (Å²) in [4.78, 5) is 14.0. The zero-order chi connectivity index (χ0) is 16.0. The molecule has 1 rings (SSSR count). The molecule has 4 nitrogen and oxygen atoms in total. The second-order valence-electron chi connectivity index (χ2n) is 5.71. The summed E-state index contributed by atoms with van der Waals surface area (Å²) in [6.45, 7) is 8.22. The second kappa shape index (κ2) is 8.10. The Morgan fingerprint density at radius 3 is 2.29 bits per heavy atom. The van der Waals surface area contributed by atoms with Crippen molar-refractivity contribution in [3.8, 4) is 0 Å². The lowest BCUT2D eigenvalue weighted by atomic mass is 10.1. The van der Waals surface area contributed by atoms with Gasteiger partial charge in [0.1, 0.15) is 5.82 Å². The van der Waals surface area contributed by atoms with E-state index in [4.69, 9.17) is 0 Å². The average Bonchev–Trinajstić information content (AvgIpc) is 2.37. The summed E-state index contributed by atoms with van der Waals surface area (Å²) in [7, 11) is 0. The predicted molar refractivity (Wildman–Crippen MR) is 81.3 cm³/mol. The Morgan fingerprint density at radius 2 is 1.81 bits per heavy atom. The summed E-state index contributed by atoms with van der Waals surface area (Å²) >= 11 is 0. The van der Waals surface area contributed by atoms with Gasteiger partial charge in [0.15, 0.2) is 0 Å². The van der Waals surface area contributed by atoms with Crippen molar-refractivity contribution in [2.75, 3.05) is 13.1 Å². The second-order valence-corrected chi connectivity index (χ2v) is 5.71. The van der Waals surface area contributed by atoms with Crippen LogP contribution in [0.25, 0.3) is 0 Å². The highest BCUT2D eigenvalue weighted by Gasteiger charge is 2.17. The molecule has 0 saturated carbocycles. The van der Waals surface area contributed by atoms with Crippen LogP contribution in [0.5, 0.6) is 0 Å². The quantitative estimate of drug-likeness (QED) is 0.810. The third-order valence-corrected chi connectivity index (χ3v) is 3.32. The van der Waals surface area contributed by atoms with E-state index in [0.717, 1.165) is 5.56 Å². The first-order valence-electron chi connectivity index (χ1n) is 7.26. The van der Waals surface area contributed by atoms with E-state index in [-0.39, 0.29) is 30.4 Å². The number of nitrogens with zero attached hydrogens (tertiary/aromatic N) is 1. The fourth-order valence-corrected chi connectivity index (χ4v) is 2.10. The van der Waals surface area contributed by atoms with Crippen LogP contribution in [-0.4, -0.2) is 41.1 Å². The standard InChI is InChI=1S/C16H25FN2O2/c1-11(2)19(9-12(3)20)10-16(21)18-13(4)14-5-7-15(17)8-6-14/h5-8,11-13,20H,9-10H2,1-4H3,(H,18,21). The SMILES string of the molecule is CC(O)CN(CC(=O)NC(C)c1ccc(F)cc1)C(C)C. The van der Waals surface area contributed by atoms with Crippen molar-refractivity contribution in [2.24, 2.45) is 0 Å². The Hall–Kier alpha value is -1.46. The van der Waals surface area contributed by atoms with Crippen LogP contribution in [0, 0.1) is 5.82 Å². The van der Waals surface area contributed by atoms with Crippen LogP contribution in [0.2, 0.25) is 0 Å². The van der Waals surface area contributed by atoms with E-state index in [1.807, 2.05) is 25.7 Å². The molecule has 0 saturated heterocycles. The van der Waals surface area contributed by atoms with Gasteiger partial charge < -0.3 is 10.4 Å². The van der Waals surface area contributed by atoms with Crippen LogP contribution < -0.4 is 5.32 Å². The third kappa shape index (κ3) is 6.23. The van der Waals surface area contributed by atoms with Gasteiger partial charge in [0.05, 0.1) is 18.7 Å². The lowest BCUT2D eigenvalue weighted by Crippen LogP contribution is -2.44. The first-order chi connectivity index (χ1) is 9.79. The summed E-state index contributed by atoms with van der Waals surface area (Å²) < 4.78 is 12.9. The number of amides is 1. The first-order valence-corrected chi connectivity index (χ1v) is 7.26. The largest absolute Gasteiger partial charge is 0.392 e. The van der Waals surface area contributed by atoms with Crippen molar-refractivity contribution in [1.82, 2.24) is 10.2 Å². The minimum Gasteiger partial charge on any atom is -0.392 e. The Balaban J connectivity index is 2.57. The number of carbonyl (C=O) groups excluding carboxylic acids is 1. The molecule has 118 valence electrons. The fraction of sp³-hybridized carbons (Fsp3) is 0.562. The van der Waals surface area contributed by atoms with Gasteiger partial charge in [-0.3, -0.25) is 9.69 Å². The number of rotatable bonds is 7. The Kier molecular flexibility index (Phi) is 6.78. The smallest absolute Gasteiger partial charge is 0.234 e. The number of benzene rings is 1. The maximum absolute atomic E-state index is 12.9. The molecule has 0 heterocycles. The molecule has 2 atom stereocenters. The first kappa shape index (κ1) is 17.6.